The molecular weight excluding hydrogens is 226 g/mol. The zero-order valence-electron chi connectivity index (χ0n) is 11.2. The van der Waals surface area contributed by atoms with E-state index in [2.05, 4.69) is 48.4 Å². The highest BCUT2D eigenvalue weighted by Crippen LogP contribution is 2.15. The van der Waals surface area contributed by atoms with Gasteiger partial charge in [0.25, 0.3) is 0 Å². The number of hydrogen-bond acceptors (Lipinski definition) is 4. The molecule has 4 heteroatoms. The molecule has 1 aromatic heterocycles. The maximum absolute atomic E-state index is 4.95. The Hall–Kier alpha value is -1.68. The van der Waals surface area contributed by atoms with Crippen LogP contribution < -0.4 is 5.32 Å². The SMILES string of the molecule is Cc1cc(C)c(CNCCc2ncno2)c(C)c1. The van der Waals surface area contributed by atoms with E-state index < -0.39 is 0 Å². The van der Waals surface area contributed by atoms with Crippen molar-refractivity contribution in [2.45, 2.75) is 33.7 Å². The van der Waals surface area contributed by atoms with Crippen molar-refractivity contribution >= 4 is 0 Å². The molecule has 1 N–H and O–H groups in total. The Balaban J connectivity index is 1.87. The zero-order valence-corrected chi connectivity index (χ0v) is 11.2. The Morgan fingerprint density at radius 1 is 1.17 bits per heavy atom. The van der Waals surface area contributed by atoms with Crippen molar-refractivity contribution in [2.24, 2.45) is 0 Å². The van der Waals surface area contributed by atoms with Gasteiger partial charge in [0.05, 0.1) is 0 Å². The number of rotatable bonds is 5. The lowest BCUT2D eigenvalue weighted by Gasteiger charge is -2.11. The summed E-state index contributed by atoms with van der Waals surface area (Å²) < 4.78 is 4.95. The molecule has 0 atom stereocenters. The minimum absolute atomic E-state index is 0.680. The predicted octanol–water partition coefficient (Wildman–Crippen LogP) is 2.33. The summed E-state index contributed by atoms with van der Waals surface area (Å²) in [7, 11) is 0. The van der Waals surface area contributed by atoms with E-state index in [0.29, 0.717) is 5.89 Å². The molecule has 96 valence electrons. The van der Waals surface area contributed by atoms with Gasteiger partial charge in [-0.2, -0.15) is 4.98 Å². The van der Waals surface area contributed by atoms with Crippen molar-refractivity contribution in [3.8, 4) is 0 Å². The fourth-order valence-electron chi connectivity index (χ4n) is 2.20. The van der Waals surface area contributed by atoms with Crippen LogP contribution in [0.1, 0.15) is 28.1 Å². The monoisotopic (exact) mass is 245 g/mol. The van der Waals surface area contributed by atoms with Gasteiger partial charge in [-0.15, -0.1) is 0 Å². The van der Waals surface area contributed by atoms with E-state index in [0.717, 1.165) is 19.5 Å². The van der Waals surface area contributed by atoms with Gasteiger partial charge in [0.15, 0.2) is 6.33 Å². The van der Waals surface area contributed by atoms with Crippen LogP contribution in [0.15, 0.2) is 23.0 Å². The molecule has 1 aromatic carbocycles. The van der Waals surface area contributed by atoms with Gasteiger partial charge in [-0.3, -0.25) is 0 Å². The van der Waals surface area contributed by atoms with Crippen molar-refractivity contribution in [3.05, 3.63) is 46.6 Å². The third-order valence-electron chi connectivity index (χ3n) is 3.06. The molecule has 0 unspecified atom stereocenters. The molecule has 0 amide bonds. The maximum Gasteiger partial charge on any atom is 0.227 e. The van der Waals surface area contributed by atoms with E-state index in [-0.39, 0.29) is 0 Å². The lowest BCUT2D eigenvalue weighted by molar-refractivity contribution is 0.375. The maximum atomic E-state index is 4.95. The van der Waals surface area contributed by atoms with Crippen LogP contribution in [-0.2, 0) is 13.0 Å². The number of hydrogen-bond donors (Lipinski definition) is 1. The molecule has 0 saturated heterocycles. The molecule has 18 heavy (non-hydrogen) atoms. The Labute approximate surface area is 107 Å². The molecule has 2 rings (SSSR count). The summed E-state index contributed by atoms with van der Waals surface area (Å²) in [4.78, 5) is 3.99. The van der Waals surface area contributed by atoms with E-state index in [1.807, 2.05) is 0 Å². The summed E-state index contributed by atoms with van der Waals surface area (Å²) in [5.74, 6) is 0.680. The van der Waals surface area contributed by atoms with Gasteiger partial charge in [-0.1, -0.05) is 22.9 Å². The van der Waals surface area contributed by atoms with E-state index in [1.54, 1.807) is 0 Å². The van der Waals surface area contributed by atoms with E-state index >= 15 is 0 Å². The van der Waals surface area contributed by atoms with E-state index in [4.69, 9.17) is 4.52 Å². The lowest BCUT2D eigenvalue weighted by atomic mass is 10.00. The van der Waals surface area contributed by atoms with Gasteiger partial charge in [0, 0.05) is 19.5 Å². The van der Waals surface area contributed by atoms with Crippen LogP contribution in [0.2, 0.25) is 0 Å². The summed E-state index contributed by atoms with van der Waals surface area (Å²) >= 11 is 0. The molecule has 0 radical (unpaired) electrons. The van der Waals surface area contributed by atoms with Crippen LogP contribution in [-0.4, -0.2) is 16.7 Å². The number of nitrogens with one attached hydrogen (secondary N) is 1. The van der Waals surface area contributed by atoms with Gasteiger partial charge >= 0.3 is 0 Å². The molecule has 0 aliphatic carbocycles. The average molecular weight is 245 g/mol. The fourth-order valence-corrected chi connectivity index (χ4v) is 2.20. The highest BCUT2D eigenvalue weighted by Gasteiger charge is 2.04. The van der Waals surface area contributed by atoms with Crippen LogP contribution in [0.25, 0.3) is 0 Å². The molecule has 4 nitrogen and oxygen atoms in total. The molecule has 1 heterocycles. The summed E-state index contributed by atoms with van der Waals surface area (Å²) in [5.41, 5.74) is 5.39. The summed E-state index contributed by atoms with van der Waals surface area (Å²) in [6, 6.07) is 4.45. The average Bonchev–Trinajstić information content (AvgIpc) is 2.79. The van der Waals surface area contributed by atoms with Crippen LogP contribution >= 0.6 is 0 Å². The lowest BCUT2D eigenvalue weighted by Crippen LogP contribution is -2.18. The smallest absolute Gasteiger partial charge is 0.227 e. The second kappa shape index (κ2) is 5.78. The Kier molecular flexibility index (Phi) is 4.10. The van der Waals surface area contributed by atoms with Crippen LogP contribution in [0.3, 0.4) is 0 Å². The molecule has 0 aliphatic heterocycles. The van der Waals surface area contributed by atoms with Gasteiger partial charge in [-0.25, -0.2) is 0 Å². The largest absolute Gasteiger partial charge is 0.340 e. The van der Waals surface area contributed by atoms with Crippen molar-refractivity contribution in [1.29, 1.82) is 0 Å². The molecule has 0 bridgehead atoms. The number of aryl methyl sites for hydroxylation is 3. The van der Waals surface area contributed by atoms with Crippen LogP contribution in [0.5, 0.6) is 0 Å². The number of benzene rings is 1. The topological polar surface area (TPSA) is 51.0 Å². The molecular formula is C14H19N3O. The van der Waals surface area contributed by atoms with Gasteiger partial charge in [-0.05, 0) is 37.5 Å². The summed E-state index contributed by atoms with van der Waals surface area (Å²) in [5, 5.41) is 7.00. The molecule has 2 aromatic rings. The first kappa shape index (κ1) is 12.8. The van der Waals surface area contributed by atoms with Crippen molar-refractivity contribution in [1.82, 2.24) is 15.5 Å². The second-order valence-corrected chi connectivity index (χ2v) is 4.64. The first-order chi connectivity index (χ1) is 8.66. The highest BCUT2D eigenvalue weighted by atomic mass is 16.5. The number of nitrogens with zero attached hydrogens (tertiary/aromatic N) is 2. The highest BCUT2D eigenvalue weighted by molar-refractivity contribution is 5.37. The van der Waals surface area contributed by atoms with Crippen molar-refractivity contribution < 1.29 is 4.52 Å². The third-order valence-corrected chi connectivity index (χ3v) is 3.06. The summed E-state index contributed by atoms with van der Waals surface area (Å²) in [6.45, 7) is 8.18. The minimum atomic E-state index is 0.680. The number of aromatic nitrogens is 2. The normalized spacial score (nSPS) is 10.8. The van der Waals surface area contributed by atoms with Crippen molar-refractivity contribution in [3.63, 3.8) is 0 Å². The van der Waals surface area contributed by atoms with Gasteiger partial charge < -0.3 is 9.84 Å². The first-order valence-corrected chi connectivity index (χ1v) is 6.20. The predicted molar refractivity (Wildman–Crippen MR) is 70.4 cm³/mol. The second-order valence-electron chi connectivity index (χ2n) is 4.64. The molecule has 0 aliphatic rings. The van der Waals surface area contributed by atoms with Crippen LogP contribution in [0.4, 0.5) is 0 Å². The standard InChI is InChI=1S/C14H19N3O/c1-10-6-11(2)13(12(3)7-10)8-15-5-4-14-16-9-17-18-14/h6-7,9,15H,4-5,8H2,1-3H3. The molecule has 0 saturated carbocycles. The third kappa shape index (κ3) is 3.17. The molecule has 0 spiro atoms. The Morgan fingerprint density at radius 3 is 2.50 bits per heavy atom. The van der Waals surface area contributed by atoms with Crippen LogP contribution in [0, 0.1) is 20.8 Å². The van der Waals surface area contributed by atoms with E-state index in [9.17, 15) is 0 Å². The zero-order chi connectivity index (χ0) is 13.0. The van der Waals surface area contributed by atoms with Crippen molar-refractivity contribution in [2.75, 3.05) is 6.54 Å². The Morgan fingerprint density at radius 2 is 1.89 bits per heavy atom. The fraction of sp³-hybridized carbons (Fsp3) is 0.429. The van der Waals surface area contributed by atoms with Gasteiger partial charge in [0.2, 0.25) is 5.89 Å². The van der Waals surface area contributed by atoms with E-state index in [1.165, 1.54) is 28.6 Å². The first-order valence-electron chi connectivity index (χ1n) is 6.20. The van der Waals surface area contributed by atoms with Gasteiger partial charge in [0.1, 0.15) is 0 Å². The molecule has 0 fully saturated rings. The Bertz CT molecular complexity index is 483. The minimum Gasteiger partial charge on any atom is -0.340 e. The quantitative estimate of drug-likeness (QED) is 0.821. The summed E-state index contributed by atoms with van der Waals surface area (Å²) in [6.07, 6.45) is 2.20.